The Morgan fingerprint density at radius 1 is 0.966 bits per heavy atom. The van der Waals surface area contributed by atoms with Gasteiger partial charge in [0.05, 0.1) is 5.69 Å². The van der Waals surface area contributed by atoms with Gasteiger partial charge in [0.2, 0.25) is 0 Å². The Hall–Kier alpha value is -2.38. The Bertz CT molecular complexity index is 905. The van der Waals surface area contributed by atoms with Gasteiger partial charge in [-0.05, 0) is 54.2 Å². The van der Waals surface area contributed by atoms with Gasteiger partial charge in [0.25, 0.3) is 5.91 Å². The number of benzene rings is 2. The quantitative estimate of drug-likeness (QED) is 0.636. The van der Waals surface area contributed by atoms with E-state index >= 15 is 0 Å². The van der Waals surface area contributed by atoms with Gasteiger partial charge < -0.3 is 5.32 Å². The molecule has 0 spiro atoms. The third-order valence-electron chi connectivity index (χ3n) is 4.87. The molecule has 0 aliphatic rings. The molecule has 0 radical (unpaired) electrons. The molecule has 0 saturated heterocycles. The predicted molar refractivity (Wildman–Crippen MR) is 119 cm³/mol. The minimum atomic E-state index is -3.55. The van der Waals surface area contributed by atoms with Crippen molar-refractivity contribution in [2.24, 2.45) is 0 Å². The summed E-state index contributed by atoms with van der Waals surface area (Å²) >= 11 is 0. The highest BCUT2D eigenvalue weighted by Crippen LogP contribution is 2.18. The van der Waals surface area contributed by atoms with Gasteiger partial charge >= 0.3 is 10.2 Å². The average Bonchev–Trinajstić information content (AvgIpc) is 2.70. The zero-order chi connectivity index (χ0) is 21.6. The fourth-order valence-corrected chi connectivity index (χ4v) is 3.74. The first kappa shape index (κ1) is 22.9. The second-order valence-corrected chi connectivity index (χ2v) is 9.73. The van der Waals surface area contributed by atoms with Crippen LogP contribution in [0, 0.1) is 0 Å². The molecule has 1 N–H and O–H groups in total. The molecule has 0 unspecified atom stereocenters. The molecule has 0 heterocycles. The van der Waals surface area contributed by atoms with Crippen LogP contribution >= 0.6 is 0 Å². The van der Waals surface area contributed by atoms with Crippen LogP contribution in [0.1, 0.15) is 47.7 Å². The number of hydrogen-bond donors (Lipinski definition) is 1. The van der Waals surface area contributed by atoms with E-state index in [1.54, 1.807) is 24.3 Å². The van der Waals surface area contributed by atoms with Crippen molar-refractivity contribution in [3.63, 3.8) is 0 Å². The van der Waals surface area contributed by atoms with Crippen LogP contribution in [0.15, 0.2) is 48.5 Å². The van der Waals surface area contributed by atoms with Crippen LogP contribution in [-0.4, -0.2) is 46.3 Å². The molecular weight excluding hydrogens is 386 g/mol. The summed E-state index contributed by atoms with van der Waals surface area (Å²) in [5.74, 6) is 0.363. The predicted octanol–water partition coefficient (Wildman–Crippen LogP) is 3.42. The lowest BCUT2D eigenvalue weighted by Gasteiger charge is -2.23. The number of carbonyl (C=O) groups is 1. The topological polar surface area (TPSA) is 69.7 Å². The molecule has 0 fully saturated rings. The normalized spacial score (nSPS) is 11.7. The highest BCUT2D eigenvalue weighted by molar-refractivity contribution is 7.90. The van der Waals surface area contributed by atoms with E-state index in [0.717, 1.165) is 17.1 Å². The number of hydrogen-bond acceptors (Lipinski definition) is 3. The lowest BCUT2D eigenvalue weighted by Crippen LogP contribution is -2.37. The summed E-state index contributed by atoms with van der Waals surface area (Å²) in [5, 5.41) is 2.92. The Kier molecular flexibility index (Phi) is 7.81. The van der Waals surface area contributed by atoms with Gasteiger partial charge in [0.15, 0.2) is 0 Å². The molecule has 0 saturated carbocycles. The summed E-state index contributed by atoms with van der Waals surface area (Å²) in [6.07, 6.45) is 1.76. The summed E-state index contributed by atoms with van der Waals surface area (Å²) in [7, 11) is 0.893. The fraction of sp³-hybridized carbons (Fsp3) is 0.409. The van der Waals surface area contributed by atoms with E-state index in [1.165, 1.54) is 36.6 Å². The Morgan fingerprint density at radius 3 is 2.07 bits per heavy atom. The molecule has 0 atom stereocenters. The number of amides is 1. The molecule has 0 aromatic heterocycles. The summed E-state index contributed by atoms with van der Waals surface area (Å²) in [5.41, 5.74) is 3.60. The zero-order valence-electron chi connectivity index (χ0n) is 17.8. The first-order valence-corrected chi connectivity index (χ1v) is 11.2. The van der Waals surface area contributed by atoms with E-state index in [4.69, 9.17) is 0 Å². The molecular formula is C22H31N3O3S. The number of carbonyl (C=O) groups excluding carboxylic acids is 1. The molecule has 29 heavy (non-hydrogen) atoms. The fourth-order valence-electron chi connectivity index (χ4n) is 2.87. The van der Waals surface area contributed by atoms with Crippen molar-refractivity contribution in [2.45, 2.75) is 32.6 Å². The van der Waals surface area contributed by atoms with Crippen LogP contribution in [-0.2, 0) is 16.6 Å². The molecule has 1 amide bonds. The monoisotopic (exact) mass is 417 g/mol. The summed E-state index contributed by atoms with van der Waals surface area (Å²) in [4.78, 5) is 12.3. The molecule has 7 heteroatoms. The third kappa shape index (κ3) is 6.05. The lowest BCUT2D eigenvalue weighted by molar-refractivity contribution is 0.0953. The lowest BCUT2D eigenvalue weighted by atomic mass is 10.0. The smallest absolute Gasteiger partial charge is 0.303 e. The zero-order valence-corrected chi connectivity index (χ0v) is 18.7. The second kappa shape index (κ2) is 9.89. The Labute approximate surface area is 174 Å². The SMILES string of the molecule is CC(C)c1ccc(CCCNC(=O)c2ccc(N(C)S(=O)(=O)N(C)C)cc2)cc1. The van der Waals surface area contributed by atoms with Crippen molar-refractivity contribution in [3.8, 4) is 0 Å². The molecule has 0 aliphatic heterocycles. The van der Waals surface area contributed by atoms with Crippen molar-refractivity contribution in [3.05, 3.63) is 65.2 Å². The molecule has 2 aromatic carbocycles. The molecule has 2 rings (SSSR count). The second-order valence-electron chi connectivity index (χ2n) is 7.56. The summed E-state index contributed by atoms with van der Waals surface area (Å²) in [6.45, 7) is 4.94. The number of aryl methyl sites for hydroxylation is 1. The maximum absolute atomic E-state index is 12.3. The van der Waals surface area contributed by atoms with Crippen molar-refractivity contribution in [2.75, 3.05) is 32.0 Å². The van der Waals surface area contributed by atoms with Crippen LogP contribution in [0.25, 0.3) is 0 Å². The standard InChI is InChI=1S/C22H31N3O3S/c1-17(2)19-10-8-18(9-11-19)7-6-16-23-22(26)20-12-14-21(15-13-20)25(5)29(27,28)24(3)4/h8-15,17H,6-7,16H2,1-5H3,(H,23,26). The number of rotatable bonds is 9. The van der Waals surface area contributed by atoms with Gasteiger partial charge in [-0.1, -0.05) is 38.1 Å². The van der Waals surface area contributed by atoms with Crippen LogP contribution < -0.4 is 9.62 Å². The molecule has 2 aromatic rings. The first-order valence-electron chi connectivity index (χ1n) is 9.76. The van der Waals surface area contributed by atoms with Gasteiger partial charge in [-0.3, -0.25) is 9.10 Å². The van der Waals surface area contributed by atoms with E-state index in [2.05, 4.69) is 43.4 Å². The third-order valence-corrected chi connectivity index (χ3v) is 6.70. The van der Waals surface area contributed by atoms with E-state index in [0.29, 0.717) is 23.7 Å². The number of anilines is 1. The van der Waals surface area contributed by atoms with E-state index in [1.807, 2.05) is 0 Å². The van der Waals surface area contributed by atoms with Crippen LogP contribution in [0.3, 0.4) is 0 Å². The van der Waals surface area contributed by atoms with Gasteiger partial charge in [0, 0.05) is 33.3 Å². The van der Waals surface area contributed by atoms with E-state index in [-0.39, 0.29) is 5.91 Å². The van der Waals surface area contributed by atoms with Gasteiger partial charge in [-0.15, -0.1) is 0 Å². The molecule has 0 aliphatic carbocycles. The van der Waals surface area contributed by atoms with Crippen molar-refractivity contribution >= 4 is 21.8 Å². The van der Waals surface area contributed by atoms with Crippen molar-refractivity contribution in [1.29, 1.82) is 0 Å². The Balaban J connectivity index is 1.85. The summed E-state index contributed by atoms with van der Waals surface area (Å²) < 4.78 is 26.7. The van der Waals surface area contributed by atoms with Gasteiger partial charge in [-0.2, -0.15) is 12.7 Å². The number of nitrogens with one attached hydrogen (secondary N) is 1. The molecule has 158 valence electrons. The van der Waals surface area contributed by atoms with E-state index < -0.39 is 10.2 Å². The molecule has 0 bridgehead atoms. The van der Waals surface area contributed by atoms with Gasteiger partial charge in [-0.25, -0.2) is 0 Å². The minimum absolute atomic E-state index is 0.162. The largest absolute Gasteiger partial charge is 0.352 e. The Morgan fingerprint density at radius 2 is 1.55 bits per heavy atom. The number of nitrogens with zero attached hydrogens (tertiary/aromatic N) is 2. The van der Waals surface area contributed by atoms with Crippen LogP contribution in [0.2, 0.25) is 0 Å². The highest BCUT2D eigenvalue weighted by atomic mass is 32.2. The van der Waals surface area contributed by atoms with Crippen LogP contribution in [0.5, 0.6) is 0 Å². The minimum Gasteiger partial charge on any atom is -0.352 e. The van der Waals surface area contributed by atoms with Crippen molar-refractivity contribution < 1.29 is 13.2 Å². The van der Waals surface area contributed by atoms with Gasteiger partial charge in [0.1, 0.15) is 0 Å². The highest BCUT2D eigenvalue weighted by Gasteiger charge is 2.21. The van der Waals surface area contributed by atoms with E-state index in [9.17, 15) is 13.2 Å². The van der Waals surface area contributed by atoms with Crippen molar-refractivity contribution in [1.82, 2.24) is 9.62 Å². The maximum Gasteiger partial charge on any atom is 0.303 e. The van der Waals surface area contributed by atoms with Crippen LogP contribution in [0.4, 0.5) is 5.69 Å². The average molecular weight is 418 g/mol. The first-order chi connectivity index (χ1) is 13.6. The molecule has 6 nitrogen and oxygen atoms in total. The summed E-state index contributed by atoms with van der Waals surface area (Å²) in [6, 6.07) is 15.1. The maximum atomic E-state index is 12.3.